The van der Waals surface area contributed by atoms with Crippen LogP contribution in [0, 0.1) is 5.92 Å². The van der Waals surface area contributed by atoms with Crippen LogP contribution in [0.15, 0.2) is 30.3 Å². The van der Waals surface area contributed by atoms with Gasteiger partial charge in [-0.2, -0.15) is 5.10 Å². The number of anilines is 1. The highest BCUT2D eigenvalue weighted by atomic mass is 16.2. The lowest BCUT2D eigenvalue weighted by Crippen LogP contribution is -2.42. The Morgan fingerprint density at radius 2 is 1.81 bits per heavy atom. The van der Waals surface area contributed by atoms with Crippen molar-refractivity contribution < 1.29 is 9.59 Å². The van der Waals surface area contributed by atoms with Crippen molar-refractivity contribution in [1.29, 1.82) is 0 Å². The van der Waals surface area contributed by atoms with Gasteiger partial charge in [0.15, 0.2) is 5.69 Å². The number of benzene rings is 1. The quantitative estimate of drug-likeness (QED) is 0.705. The van der Waals surface area contributed by atoms with Crippen LogP contribution in [0.4, 0.5) is 5.69 Å². The van der Waals surface area contributed by atoms with Gasteiger partial charge in [0, 0.05) is 22.5 Å². The van der Waals surface area contributed by atoms with Crippen molar-refractivity contribution in [3.8, 4) is 0 Å². The molecular formula is C20H28N4O2. The van der Waals surface area contributed by atoms with Crippen molar-refractivity contribution in [2.75, 3.05) is 5.32 Å². The minimum atomic E-state index is -0.277. The number of rotatable bonds is 7. The second-order valence-electron chi connectivity index (χ2n) is 7.60. The van der Waals surface area contributed by atoms with E-state index in [1.54, 1.807) is 30.3 Å². The average Bonchev–Trinajstić information content (AvgIpc) is 3.03. The largest absolute Gasteiger partial charge is 0.347 e. The summed E-state index contributed by atoms with van der Waals surface area (Å²) in [6, 6.07) is 8.60. The molecule has 2 aromatic rings. The van der Waals surface area contributed by atoms with Gasteiger partial charge >= 0.3 is 0 Å². The number of hydrogen-bond acceptors (Lipinski definition) is 3. The predicted octanol–water partition coefficient (Wildman–Crippen LogP) is 3.78. The zero-order valence-corrected chi connectivity index (χ0v) is 16.1. The molecule has 0 aliphatic heterocycles. The third-order valence-electron chi connectivity index (χ3n) is 4.23. The molecule has 3 N–H and O–H groups in total. The van der Waals surface area contributed by atoms with Gasteiger partial charge in [-0.25, -0.2) is 0 Å². The molecule has 0 aliphatic rings. The molecule has 1 aromatic carbocycles. The predicted molar refractivity (Wildman–Crippen MR) is 103 cm³/mol. The molecule has 2 rings (SSSR count). The summed E-state index contributed by atoms with van der Waals surface area (Å²) in [5.74, 6) is 0.0867. The first kappa shape index (κ1) is 19.7. The van der Waals surface area contributed by atoms with Crippen LogP contribution in [0.5, 0.6) is 0 Å². The summed E-state index contributed by atoms with van der Waals surface area (Å²) in [7, 11) is 0. The Hall–Kier alpha value is -2.63. The van der Waals surface area contributed by atoms with Crippen molar-refractivity contribution in [3.05, 3.63) is 47.3 Å². The fourth-order valence-corrected chi connectivity index (χ4v) is 2.39. The Kier molecular flexibility index (Phi) is 6.18. The molecule has 0 bridgehead atoms. The number of carbonyl (C=O) groups excluding carboxylic acids is 2. The number of H-pyrrole nitrogens is 1. The van der Waals surface area contributed by atoms with Crippen LogP contribution in [0.2, 0.25) is 0 Å². The first-order valence-corrected chi connectivity index (χ1v) is 8.98. The van der Waals surface area contributed by atoms with E-state index in [0.29, 0.717) is 22.9 Å². The zero-order valence-electron chi connectivity index (χ0n) is 16.1. The van der Waals surface area contributed by atoms with Crippen LogP contribution in [0.25, 0.3) is 0 Å². The molecule has 26 heavy (non-hydrogen) atoms. The molecule has 0 aliphatic carbocycles. The van der Waals surface area contributed by atoms with E-state index < -0.39 is 0 Å². The average molecular weight is 356 g/mol. The first-order valence-electron chi connectivity index (χ1n) is 8.98. The smallest absolute Gasteiger partial charge is 0.276 e. The number of nitrogens with zero attached hydrogens (tertiary/aromatic N) is 1. The summed E-state index contributed by atoms with van der Waals surface area (Å²) in [4.78, 5) is 24.5. The van der Waals surface area contributed by atoms with Crippen LogP contribution in [-0.2, 0) is 6.42 Å². The minimum Gasteiger partial charge on any atom is -0.347 e. The molecule has 6 heteroatoms. The Bertz CT molecular complexity index is 760. The maximum atomic E-state index is 12.3. The highest BCUT2D eigenvalue weighted by Gasteiger charge is 2.19. The molecule has 0 atom stereocenters. The maximum Gasteiger partial charge on any atom is 0.276 e. The molecular weight excluding hydrogens is 328 g/mol. The van der Waals surface area contributed by atoms with Gasteiger partial charge in [-0.3, -0.25) is 14.7 Å². The van der Waals surface area contributed by atoms with Gasteiger partial charge in [0.1, 0.15) is 0 Å². The van der Waals surface area contributed by atoms with Gasteiger partial charge in [0.2, 0.25) is 0 Å². The molecule has 0 unspecified atom stereocenters. The van der Waals surface area contributed by atoms with Gasteiger partial charge in [-0.15, -0.1) is 0 Å². The second kappa shape index (κ2) is 8.17. The minimum absolute atomic E-state index is 0.125. The van der Waals surface area contributed by atoms with Crippen LogP contribution >= 0.6 is 0 Å². The van der Waals surface area contributed by atoms with E-state index in [1.807, 2.05) is 20.8 Å². The van der Waals surface area contributed by atoms with E-state index in [2.05, 4.69) is 34.7 Å². The monoisotopic (exact) mass is 356 g/mol. The summed E-state index contributed by atoms with van der Waals surface area (Å²) >= 11 is 0. The third kappa shape index (κ3) is 5.44. The van der Waals surface area contributed by atoms with Gasteiger partial charge in [0.25, 0.3) is 11.8 Å². The number of hydrogen-bond donors (Lipinski definition) is 3. The molecule has 0 saturated carbocycles. The van der Waals surface area contributed by atoms with E-state index in [-0.39, 0.29) is 17.4 Å². The van der Waals surface area contributed by atoms with Crippen molar-refractivity contribution in [2.24, 2.45) is 5.92 Å². The molecule has 0 spiro atoms. The number of carbonyl (C=O) groups is 2. The summed E-state index contributed by atoms with van der Waals surface area (Å²) in [6.07, 6.45) is 1.69. The third-order valence-corrected chi connectivity index (χ3v) is 4.23. The number of amides is 2. The Labute approximate surface area is 154 Å². The first-order chi connectivity index (χ1) is 12.2. The highest BCUT2D eigenvalue weighted by Crippen LogP contribution is 2.14. The fourth-order valence-electron chi connectivity index (χ4n) is 2.39. The fraction of sp³-hybridized carbons (Fsp3) is 0.450. The number of aromatic amines is 1. The van der Waals surface area contributed by atoms with Gasteiger partial charge in [-0.05, 0) is 62.9 Å². The van der Waals surface area contributed by atoms with Crippen molar-refractivity contribution in [3.63, 3.8) is 0 Å². The maximum absolute atomic E-state index is 12.3. The normalized spacial score (nSPS) is 11.5. The van der Waals surface area contributed by atoms with Crippen LogP contribution in [0.1, 0.15) is 67.6 Å². The van der Waals surface area contributed by atoms with Gasteiger partial charge < -0.3 is 10.6 Å². The van der Waals surface area contributed by atoms with E-state index in [9.17, 15) is 9.59 Å². The zero-order chi connectivity index (χ0) is 19.3. The van der Waals surface area contributed by atoms with E-state index in [0.717, 1.165) is 18.5 Å². The second-order valence-corrected chi connectivity index (χ2v) is 7.60. The summed E-state index contributed by atoms with van der Waals surface area (Å²) in [5, 5.41) is 12.7. The standard InChI is InChI=1S/C20H28N4O2/c1-6-20(4,5)22-18(25)14-7-9-15(10-8-14)21-19(26)17-12-16(23-24-17)11-13(2)3/h7-10,12-13H,6,11H2,1-5H3,(H,21,26)(H,22,25)(H,23,24). The van der Waals surface area contributed by atoms with Crippen molar-refractivity contribution in [2.45, 2.75) is 53.0 Å². The molecule has 2 amide bonds. The van der Waals surface area contributed by atoms with Crippen LogP contribution in [0.3, 0.4) is 0 Å². The summed E-state index contributed by atoms with van der Waals surface area (Å²) in [5.41, 5.74) is 2.22. The Morgan fingerprint density at radius 1 is 1.15 bits per heavy atom. The Balaban J connectivity index is 1.99. The van der Waals surface area contributed by atoms with E-state index in [4.69, 9.17) is 0 Å². The highest BCUT2D eigenvalue weighted by molar-refractivity contribution is 6.03. The Morgan fingerprint density at radius 3 is 2.38 bits per heavy atom. The lowest BCUT2D eigenvalue weighted by atomic mass is 10.0. The van der Waals surface area contributed by atoms with Crippen LogP contribution in [-0.4, -0.2) is 27.6 Å². The molecule has 140 valence electrons. The number of aromatic nitrogens is 2. The van der Waals surface area contributed by atoms with Gasteiger partial charge in [-0.1, -0.05) is 20.8 Å². The lowest BCUT2D eigenvalue weighted by molar-refractivity contribution is 0.0911. The van der Waals surface area contributed by atoms with Gasteiger partial charge in [0.05, 0.1) is 0 Å². The molecule has 0 fully saturated rings. The SMILES string of the molecule is CCC(C)(C)NC(=O)c1ccc(NC(=O)c2cc(CC(C)C)[nH]n2)cc1. The molecule has 6 nitrogen and oxygen atoms in total. The number of nitrogens with one attached hydrogen (secondary N) is 3. The molecule has 0 saturated heterocycles. The topological polar surface area (TPSA) is 86.9 Å². The lowest BCUT2D eigenvalue weighted by Gasteiger charge is -2.24. The summed E-state index contributed by atoms with van der Waals surface area (Å²) in [6.45, 7) is 10.2. The van der Waals surface area contributed by atoms with Crippen molar-refractivity contribution in [1.82, 2.24) is 15.5 Å². The van der Waals surface area contributed by atoms with Crippen LogP contribution < -0.4 is 10.6 Å². The summed E-state index contributed by atoms with van der Waals surface area (Å²) < 4.78 is 0. The molecule has 1 heterocycles. The van der Waals surface area contributed by atoms with E-state index in [1.165, 1.54) is 0 Å². The van der Waals surface area contributed by atoms with E-state index >= 15 is 0 Å². The molecule has 0 radical (unpaired) electrons. The molecule has 1 aromatic heterocycles. The van der Waals surface area contributed by atoms with Crippen molar-refractivity contribution >= 4 is 17.5 Å².